The number of piperazine rings is 1. The number of hydrogen-bond donors (Lipinski definition) is 1. The smallest absolute Gasteiger partial charge is 0.317 e. The number of para-hydroxylation sites is 1. The molecule has 156 valence electrons. The van der Waals surface area contributed by atoms with Crippen LogP contribution in [0, 0.1) is 6.92 Å². The Morgan fingerprint density at radius 2 is 1.93 bits per heavy atom. The topological polar surface area (TPSA) is 57.7 Å². The van der Waals surface area contributed by atoms with E-state index in [-0.39, 0.29) is 6.03 Å². The zero-order chi connectivity index (χ0) is 20.5. The molecule has 1 fully saturated rings. The van der Waals surface area contributed by atoms with E-state index in [4.69, 9.17) is 4.74 Å². The van der Waals surface area contributed by atoms with Crippen molar-refractivity contribution in [3.63, 3.8) is 0 Å². The maximum atomic E-state index is 12.5. The standard InChI is InChI=1S/C23H32N4O2/c1-3-17-29-22-9-5-4-8-20(22)10-12-25-23(28)27-15-13-26(14-16-27)18-21-19(2)7-6-11-24-21/h4-9,11H,3,10,12-18H2,1-2H3,(H,25,28). The minimum atomic E-state index is 0.0191. The van der Waals surface area contributed by atoms with Crippen molar-refractivity contribution in [2.75, 3.05) is 39.3 Å². The molecule has 0 unspecified atom stereocenters. The van der Waals surface area contributed by atoms with Gasteiger partial charge in [-0.1, -0.05) is 31.2 Å². The molecule has 29 heavy (non-hydrogen) atoms. The fraction of sp³-hybridized carbons (Fsp3) is 0.478. The van der Waals surface area contributed by atoms with E-state index in [0.29, 0.717) is 13.2 Å². The van der Waals surface area contributed by atoms with E-state index in [1.807, 2.05) is 35.4 Å². The predicted octanol–water partition coefficient (Wildman–Crippen LogP) is 3.25. The van der Waals surface area contributed by atoms with Crippen LogP contribution >= 0.6 is 0 Å². The van der Waals surface area contributed by atoms with Gasteiger partial charge in [0.05, 0.1) is 12.3 Å². The van der Waals surface area contributed by atoms with E-state index in [2.05, 4.69) is 41.2 Å². The Labute approximate surface area is 173 Å². The van der Waals surface area contributed by atoms with E-state index >= 15 is 0 Å². The molecule has 0 radical (unpaired) electrons. The summed E-state index contributed by atoms with van der Waals surface area (Å²) in [5, 5.41) is 3.06. The highest BCUT2D eigenvalue weighted by atomic mass is 16.5. The molecule has 2 heterocycles. The van der Waals surface area contributed by atoms with Crippen LogP contribution in [0.4, 0.5) is 4.79 Å². The number of amides is 2. The monoisotopic (exact) mass is 396 g/mol. The molecule has 1 saturated heterocycles. The number of carbonyl (C=O) groups excluding carboxylic acids is 1. The zero-order valence-electron chi connectivity index (χ0n) is 17.6. The number of rotatable bonds is 8. The molecule has 1 aromatic heterocycles. The third kappa shape index (κ3) is 6.19. The highest BCUT2D eigenvalue weighted by Crippen LogP contribution is 2.18. The quantitative estimate of drug-likeness (QED) is 0.744. The molecule has 0 bridgehead atoms. The highest BCUT2D eigenvalue weighted by Gasteiger charge is 2.21. The first-order valence-electron chi connectivity index (χ1n) is 10.5. The van der Waals surface area contributed by atoms with Gasteiger partial charge in [-0.15, -0.1) is 0 Å². The minimum Gasteiger partial charge on any atom is -0.493 e. The summed E-state index contributed by atoms with van der Waals surface area (Å²) in [5.41, 5.74) is 3.47. The molecule has 0 atom stereocenters. The summed E-state index contributed by atoms with van der Waals surface area (Å²) in [4.78, 5) is 21.3. The molecule has 1 aliphatic heterocycles. The molecule has 2 aromatic rings. The van der Waals surface area contributed by atoms with Crippen LogP contribution in [0.5, 0.6) is 5.75 Å². The SMILES string of the molecule is CCCOc1ccccc1CCNC(=O)N1CCN(Cc2ncccc2C)CC1. The van der Waals surface area contributed by atoms with Gasteiger partial charge < -0.3 is 15.0 Å². The van der Waals surface area contributed by atoms with Crippen LogP contribution in [-0.2, 0) is 13.0 Å². The van der Waals surface area contributed by atoms with E-state index in [0.717, 1.165) is 62.6 Å². The van der Waals surface area contributed by atoms with E-state index in [1.54, 1.807) is 0 Å². The third-order valence-electron chi connectivity index (χ3n) is 5.26. The van der Waals surface area contributed by atoms with Gasteiger partial charge in [0.2, 0.25) is 0 Å². The maximum absolute atomic E-state index is 12.5. The fourth-order valence-corrected chi connectivity index (χ4v) is 3.48. The number of carbonyl (C=O) groups is 1. The lowest BCUT2D eigenvalue weighted by atomic mass is 10.1. The molecule has 1 aromatic carbocycles. The first-order valence-corrected chi connectivity index (χ1v) is 10.5. The van der Waals surface area contributed by atoms with Crippen LogP contribution in [0.1, 0.15) is 30.2 Å². The van der Waals surface area contributed by atoms with Crippen molar-refractivity contribution in [1.29, 1.82) is 0 Å². The molecule has 1 N–H and O–H groups in total. The van der Waals surface area contributed by atoms with E-state index in [1.165, 1.54) is 5.56 Å². The molecule has 0 aliphatic carbocycles. The summed E-state index contributed by atoms with van der Waals surface area (Å²) in [6.07, 6.45) is 3.60. The number of benzene rings is 1. The molecule has 3 rings (SSSR count). The molecule has 0 spiro atoms. The lowest BCUT2D eigenvalue weighted by Crippen LogP contribution is -2.51. The van der Waals surface area contributed by atoms with Gasteiger partial charge in [0.15, 0.2) is 0 Å². The Morgan fingerprint density at radius 1 is 1.14 bits per heavy atom. The Kier molecular flexibility index (Phi) is 7.87. The van der Waals surface area contributed by atoms with Crippen LogP contribution < -0.4 is 10.1 Å². The van der Waals surface area contributed by atoms with Crippen molar-refractivity contribution >= 4 is 6.03 Å². The lowest BCUT2D eigenvalue weighted by molar-refractivity contribution is 0.134. The summed E-state index contributed by atoms with van der Waals surface area (Å²) in [7, 11) is 0. The van der Waals surface area contributed by atoms with Crippen molar-refractivity contribution in [2.45, 2.75) is 33.2 Å². The first-order chi connectivity index (χ1) is 14.2. The van der Waals surface area contributed by atoms with Gasteiger partial charge in [-0.25, -0.2) is 4.79 Å². The van der Waals surface area contributed by atoms with Crippen molar-refractivity contribution in [1.82, 2.24) is 20.1 Å². The van der Waals surface area contributed by atoms with Gasteiger partial charge in [0.25, 0.3) is 0 Å². The van der Waals surface area contributed by atoms with Crippen molar-refractivity contribution in [2.24, 2.45) is 0 Å². The summed E-state index contributed by atoms with van der Waals surface area (Å²) in [6, 6.07) is 12.1. The predicted molar refractivity (Wildman–Crippen MR) is 115 cm³/mol. The molecular weight excluding hydrogens is 364 g/mol. The van der Waals surface area contributed by atoms with Crippen LogP contribution in [0.15, 0.2) is 42.6 Å². The van der Waals surface area contributed by atoms with Crippen molar-refractivity contribution in [3.8, 4) is 5.75 Å². The van der Waals surface area contributed by atoms with Crippen LogP contribution in [0.3, 0.4) is 0 Å². The Balaban J connectivity index is 1.41. The van der Waals surface area contributed by atoms with Crippen LogP contribution in [-0.4, -0.2) is 60.1 Å². The number of ether oxygens (including phenoxy) is 1. The Morgan fingerprint density at radius 3 is 2.69 bits per heavy atom. The van der Waals surface area contributed by atoms with Crippen LogP contribution in [0.2, 0.25) is 0 Å². The molecule has 1 aliphatic rings. The normalized spacial score (nSPS) is 14.6. The van der Waals surface area contributed by atoms with Crippen LogP contribution in [0.25, 0.3) is 0 Å². The molecule has 6 nitrogen and oxygen atoms in total. The van der Waals surface area contributed by atoms with Gasteiger partial charge in [-0.2, -0.15) is 0 Å². The number of nitrogens with one attached hydrogen (secondary N) is 1. The van der Waals surface area contributed by atoms with Gasteiger partial charge in [0, 0.05) is 45.5 Å². The van der Waals surface area contributed by atoms with Crippen molar-refractivity contribution in [3.05, 3.63) is 59.4 Å². The number of pyridine rings is 1. The fourth-order valence-electron chi connectivity index (χ4n) is 3.48. The Hall–Kier alpha value is -2.60. The molecule has 2 amide bonds. The largest absolute Gasteiger partial charge is 0.493 e. The zero-order valence-corrected chi connectivity index (χ0v) is 17.6. The lowest BCUT2D eigenvalue weighted by Gasteiger charge is -2.34. The van der Waals surface area contributed by atoms with Gasteiger partial charge in [-0.05, 0) is 43.0 Å². The molecular formula is C23H32N4O2. The van der Waals surface area contributed by atoms with Gasteiger partial charge in [-0.3, -0.25) is 9.88 Å². The summed E-state index contributed by atoms with van der Waals surface area (Å²) < 4.78 is 5.80. The molecule has 0 saturated carbocycles. The highest BCUT2D eigenvalue weighted by molar-refractivity contribution is 5.74. The summed E-state index contributed by atoms with van der Waals surface area (Å²) in [6.45, 7) is 9.59. The average Bonchev–Trinajstić information content (AvgIpc) is 2.75. The van der Waals surface area contributed by atoms with Gasteiger partial charge in [0.1, 0.15) is 5.75 Å². The third-order valence-corrected chi connectivity index (χ3v) is 5.26. The van der Waals surface area contributed by atoms with Crippen molar-refractivity contribution < 1.29 is 9.53 Å². The number of urea groups is 1. The van der Waals surface area contributed by atoms with E-state index < -0.39 is 0 Å². The first kappa shape index (κ1) is 21.1. The molecule has 6 heteroatoms. The maximum Gasteiger partial charge on any atom is 0.317 e. The second kappa shape index (κ2) is 10.8. The number of aryl methyl sites for hydroxylation is 1. The van der Waals surface area contributed by atoms with Gasteiger partial charge >= 0.3 is 6.03 Å². The number of nitrogens with zero attached hydrogens (tertiary/aromatic N) is 3. The second-order valence-corrected chi connectivity index (χ2v) is 7.47. The average molecular weight is 397 g/mol. The Bertz CT molecular complexity index is 788. The number of aromatic nitrogens is 1. The summed E-state index contributed by atoms with van der Waals surface area (Å²) in [5.74, 6) is 0.919. The summed E-state index contributed by atoms with van der Waals surface area (Å²) >= 11 is 0. The minimum absolute atomic E-state index is 0.0191. The number of hydrogen-bond acceptors (Lipinski definition) is 4. The van der Waals surface area contributed by atoms with E-state index in [9.17, 15) is 4.79 Å². The second-order valence-electron chi connectivity index (χ2n) is 7.47.